The van der Waals surface area contributed by atoms with Crippen LogP contribution in [0.3, 0.4) is 0 Å². The predicted molar refractivity (Wildman–Crippen MR) is 39.9 cm³/mol. The molecule has 0 unspecified atom stereocenters. The van der Waals surface area contributed by atoms with Crippen molar-refractivity contribution >= 4 is 23.1 Å². The molecule has 4 nitrogen and oxygen atoms in total. The van der Waals surface area contributed by atoms with E-state index in [0.29, 0.717) is 0 Å². The number of carboxylic acids is 1. The second kappa shape index (κ2) is 3.85. The number of carbonyl (C=O) groups is 2. The van der Waals surface area contributed by atoms with Crippen molar-refractivity contribution in [1.29, 1.82) is 0 Å². The highest BCUT2D eigenvalue weighted by molar-refractivity contribution is 7.12. The minimum absolute atomic E-state index is 0. The van der Waals surface area contributed by atoms with Crippen molar-refractivity contribution in [2.75, 3.05) is 0 Å². The maximum atomic E-state index is 10.6. The van der Waals surface area contributed by atoms with Crippen LogP contribution in [0.2, 0.25) is 0 Å². The Balaban J connectivity index is 0.000001000. The Morgan fingerprint density at radius 1 is 1.45 bits per heavy atom. The molecule has 0 aliphatic carbocycles. The molecule has 0 spiro atoms. The second-order valence-electron chi connectivity index (χ2n) is 1.61. The minimum atomic E-state index is -1.40. The average molecular weight is 174 g/mol. The molecule has 0 aliphatic rings. The van der Waals surface area contributed by atoms with Gasteiger partial charge >= 0.3 is 5.97 Å². The number of hydrogen-bond acceptors (Lipinski definition) is 3. The van der Waals surface area contributed by atoms with Crippen molar-refractivity contribution in [3.63, 3.8) is 0 Å². The molecule has 0 bridgehead atoms. The van der Waals surface area contributed by atoms with Gasteiger partial charge in [-0.15, -0.1) is 11.3 Å². The lowest BCUT2D eigenvalue weighted by atomic mass is 10.3. The van der Waals surface area contributed by atoms with Crippen molar-refractivity contribution in [2.24, 2.45) is 0 Å². The lowest BCUT2D eigenvalue weighted by Crippen LogP contribution is -2.10. The zero-order valence-corrected chi connectivity index (χ0v) is 6.22. The van der Waals surface area contributed by atoms with Crippen LogP contribution >= 0.6 is 11.3 Å². The van der Waals surface area contributed by atoms with Gasteiger partial charge in [-0.1, -0.05) is 6.07 Å². The maximum absolute atomic E-state index is 10.6. The summed E-state index contributed by atoms with van der Waals surface area (Å²) in [4.78, 5) is 20.9. The summed E-state index contributed by atoms with van der Waals surface area (Å²) in [5, 5.41) is 9.87. The number of aliphatic carboxylic acids is 1. The van der Waals surface area contributed by atoms with E-state index in [-0.39, 0.29) is 10.4 Å². The number of carbonyl (C=O) groups excluding carboxylic acids is 1. The number of thiophene rings is 1. The Bertz CT molecular complexity index is 252. The normalized spacial score (nSPS) is 8.36. The molecule has 0 fully saturated rings. The number of ketones is 1. The Labute approximate surface area is 66.4 Å². The Morgan fingerprint density at radius 2 is 2.09 bits per heavy atom. The highest BCUT2D eigenvalue weighted by Crippen LogP contribution is 2.08. The molecule has 0 saturated carbocycles. The van der Waals surface area contributed by atoms with Gasteiger partial charge in [0.1, 0.15) is 0 Å². The lowest BCUT2D eigenvalue weighted by molar-refractivity contribution is -0.131. The summed E-state index contributed by atoms with van der Waals surface area (Å²) < 4.78 is 0. The minimum Gasteiger partial charge on any atom is -0.475 e. The van der Waals surface area contributed by atoms with Crippen LogP contribution in [-0.2, 0) is 4.79 Å². The van der Waals surface area contributed by atoms with Gasteiger partial charge in [-0.3, -0.25) is 4.79 Å². The van der Waals surface area contributed by atoms with Crippen LogP contribution in [0, 0.1) is 0 Å². The molecule has 1 heterocycles. The van der Waals surface area contributed by atoms with E-state index in [1.54, 1.807) is 11.4 Å². The molecule has 0 aliphatic heterocycles. The molecule has 3 N–H and O–H groups in total. The number of hydrogen-bond donors (Lipinski definition) is 1. The van der Waals surface area contributed by atoms with Gasteiger partial charge in [0, 0.05) is 0 Å². The molecule has 60 valence electrons. The quantitative estimate of drug-likeness (QED) is 0.513. The Morgan fingerprint density at radius 3 is 2.45 bits per heavy atom. The van der Waals surface area contributed by atoms with E-state index in [1.165, 1.54) is 6.07 Å². The first-order valence-electron chi connectivity index (χ1n) is 2.53. The summed E-state index contributed by atoms with van der Waals surface area (Å²) in [7, 11) is 0. The highest BCUT2D eigenvalue weighted by atomic mass is 32.1. The van der Waals surface area contributed by atoms with E-state index < -0.39 is 11.8 Å². The summed E-state index contributed by atoms with van der Waals surface area (Å²) in [6, 6.07) is 3.13. The van der Waals surface area contributed by atoms with Gasteiger partial charge in [-0.05, 0) is 11.4 Å². The van der Waals surface area contributed by atoms with Crippen molar-refractivity contribution in [3.8, 4) is 0 Å². The van der Waals surface area contributed by atoms with Crippen LogP contribution in [0.5, 0.6) is 0 Å². The first-order chi connectivity index (χ1) is 4.72. The van der Waals surface area contributed by atoms with Crippen molar-refractivity contribution < 1.29 is 20.2 Å². The third-order valence-electron chi connectivity index (χ3n) is 0.939. The van der Waals surface area contributed by atoms with Gasteiger partial charge in [0.25, 0.3) is 5.78 Å². The molecule has 11 heavy (non-hydrogen) atoms. The van der Waals surface area contributed by atoms with Crippen LogP contribution in [-0.4, -0.2) is 22.3 Å². The Hall–Kier alpha value is -1.20. The summed E-state index contributed by atoms with van der Waals surface area (Å²) in [5.74, 6) is -2.24. The van der Waals surface area contributed by atoms with Gasteiger partial charge in [0.15, 0.2) is 0 Å². The fourth-order valence-corrected chi connectivity index (χ4v) is 1.17. The molecule has 0 radical (unpaired) electrons. The number of carboxylic acid groups (broad SMARTS) is 1. The standard InChI is InChI=1S/C6H4O3S.H2O/c7-5(6(8)9)4-2-1-3-10-4;/h1-3H,(H,8,9);1H2. The third-order valence-corrected chi connectivity index (χ3v) is 1.81. The van der Waals surface area contributed by atoms with E-state index in [0.717, 1.165) is 11.3 Å². The third kappa shape index (κ3) is 2.14. The van der Waals surface area contributed by atoms with Gasteiger partial charge in [0.05, 0.1) is 4.88 Å². The van der Waals surface area contributed by atoms with Crippen molar-refractivity contribution in [3.05, 3.63) is 22.4 Å². The smallest absolute Gasteiger partial charge is 0.378 e. The highest BCUT2D eigenvalue weighted by Gasteiger charge is 2.14. The molecule has 1 aromatic rings. The first kappa shape index (κ1) is 9.80. The molecule has 1 rings (SSSR count). The predicted octanol–water partition coefficient (Wildman–Crippen LogP) is 0.191. The van der Waals surface area contributed by atoms with Gasteiger partial charge in [-0.2, -0.15) is 0 Å². The van der Waals surface area contributed by atoms with Crippen LogP contribution < -0.4 is 0 Å². The van der Waals surface area contributed by atoms with Crippen LogP contribution in [0.25, 0.3) is 0 Å². The zero-order valence-electron chi connectivity index (χ0n) is 5.40. The van der Waals surface area contributed by atoms with Crippen molar-refractivity contribution in [2.45, 2.75) is 0 Å². The average Bonchev–Trinajstić information content (AvgIpc) is 2.36. The second-order valence-corrected chi connectivity index (χ2v) is 2.56. The molecule has 1 aromatic heterocycles. The first-order valence-corrected chi connectivity index (χ1v) is 3.41. The molecule has 0 amide bonds. The maximum Gasteiger partial charge on any atom is 0.378 e. The number of rotatable bonds is 2. The monoisotopic (exact) mass is 174 g/mol. The lowest BCUT2D eigenvalue weighted by Gasteiger charge is -1.85. The molecule has 0 aromatic carbocycles. The Kier molecular flexibility index (Phi) is 3.43. The van der Waals surface area contributed by atoms with Gasteiger partial charge in [0.2, 0.25) is 0 Å². The zero-order chi connectivity index (χ0) is 7.56. The van der Waals surface area contributed by atoms with Crippen LogP contribution in [0.1, 0.15) is 9.67 Å². The fourth-order valence-electron chi connectivity index (χ4n) is 0.513. The van der Waals surface area contributed by atoms with Crippen molar-refractivity contribution in [1.82, 2.24) is 0 Å². The van der Waals surface area contributed by atoms with E-state index in [4.69, 9.17) is 5.11 Å². The molecular formula is C6H6O4S. The largest absolute Gasteiger partial charge is 0.475 e. The summed E-state index contributed by atoms with van der Waals surface area (Å²) in [5.41, 5.74) is 0. The molecule has 5 heteroatoms. The van der Waals surface area contributed by atoms with E-state index in [9.17, 15) is 9.59 Å². The summed E-state index contributed by atoms with van der Waals surface area (Å²) in [6.07, 6.45) is 0. The number of Topliss-reactive ketones (excluding diaryl/α,β-unsaturated/α-hetero) is 1. The topological polar surface area (TPSA) is 85.9 Å². The molecule has 0 saturated heterocycles. The van der Waals surface area contributed by atoms with Crippen LogP contribution in [0.4, 0.5) is 0 Å². The fraction of sp³-hybridized carbons (Fsp3) is 0. The van der Waals surface area contributed by atoms with Gasteiger partial charge in [-0.25, -0.2) is 4.79 Å². The summed E-state index contributed by atoms with van der Waals surface area (Å²) >= 11 is 1.13. The van der Waals surface area contributed by atoms with E-state index in [2.05, 4.69) is 0 Å². The summed E-state index contributed by atoms with van der Waals surface area (Å²) in [6.45, 7) is 0. The molecule has 0 atom stereocenters. The van der Waals surface area contributed by atoms with Crippen LogP contribution in [0.15, 0.2) is 17.5 Å². The molecular weight excluding hydrogens is 168 g/mol. The van der Waals surface area contributed by atoms with E-state index >= 15 is 0 Å². The van der Waals surface area contributed by atoms with E-state index in [1.807, 2.05) is 0 Å². The van der Waals surface area contributed by atoms with Gasteiger partial charge < -0.3 is 10.6 Å². The SMILES string of the molecule is O.O=C(O)C(=O)c1cccs1.